The molecule has 0 aliphatic carbocycles. The molecule has 9 heteroatoms. The van der Waals surface area contributed by atoms with Gasteiger partial charge in [-0.05, 0) is 6.07 Å². The molecule has 2 aromatic heterocycles. The molecule has 4 rings (SSSR count). The van der Waals surface area contributed by atoms with E-state index >= 15 is 0 Å². The van der Waals surface area contributed by atoms with Gasteiger partial charge in [-0.25, -0.2) is 9.78 Å². The third-order valence-corrected chi connectivity index (χ3v) is 4.36. The smallest absolute Gasteiger partial charge is 0.272 e. The molecule has 0 spiro atoms. The molecular weight excluding hydrogens is 316 g/mol. The van der Waals surface area contributed by atoms with Gasteiger partial charge in [-0.2, -0.15) is 10.2 Å². The highest BCUT2D eigenvalue weighted by atomic mass is 16.6. The van der Waals surface area contributed by atoms with E-state index in [1.165, 1.54) is 18.0 Å². The first-order valence-corrected chi connectivity index (χ1v) is 7.46. The predicted molar refractivity (Wildman–Crippen MR) is 83.5 cm³/mol. The molecule has 4 atom stereocenters. The number of aliphatic hydroxyl groups excluding tert-OH is 2. The molecule has 1 saturated heterocycles. The average molecular weight is 332 g/mol. The fraction of sp³-hybridized carbons (Fsp3) is 0.400. The standard InChI is InChI=1S/C15H16N4O5/c1-23-13-12(21)10(6-20)24-15(13)19-5-7-2-3-8-11(7)9(18-19)4-16-17-14(8)22/h2-5,10,12-13,15,20-21H,6H2,1H3,(H,17,22)/t10-,12-,13-,15-/m1/s1. The second-order valence-corrected chi connectivity index (χ2v) is 5.71. The summed E-state index contributed by atoms with van der Waals surface area (Å²) in [6.07, 6.45) is 0.0715. The van der Waals surface area contributed by atoms with Gasteiger partial charge in [0.05, 0.1) is 18.2 Å². The fourth-order valence-corrected chi connectivity index (χ4v) is 3.19. The van der Waals surface area contributed by atoms with Crippen LogP contribution in [0.4, 0.5) is 0 Å². The van der Waals surface area contributed by atoms with Gasteiger partial charge in [0.2, 0.25) is 0 Å². The highest BCUT2D eigenvalue weighted by molar-refractivity contribution is 6.08. The minimum absolute atomic E-state index is 0.290. The Morgan fingerprint density at radius 3 is 3.04 bits per heavy atom. The molecule has 0 bridgehead atoms. The lowest BCUT2D eigenvalue weighted by Crippen LogP contribution is -2.35. The first-order chi connectivity index (χ1) is 11.6. The van der Waals surface area contributed by atoms with Crippen molar-refractivity contribution in [2.45, 2.75) is 24.5 Å². The number of H-pyrrole nitrogens is 1. The third kappa shape index (κ3) is 2.13. The number of aromatic nitrogens is 4. The first kappa shape index (κ1) is 15.2. The average Bonchev–Trinajstić information content (AvgIpc) is 3.10. The molecule has 24 heavy (non-hydrogen) atoms. The second-order valence-electron chi connectivity index (χ2n) is 5.71. The van der Waals surface area contributed by atoms with E-state index in [9.17, 15) is 15.0 Å². The number of hydrogen-bond acceptors (Lipinski definition) is 7. The van der Waals surface area contributed by atoms with E-state index in [4.69, 9.17) is 9.47 Å². The van der Waals surface area contributed by atoms with E-state index in [0.29, 0.717) is 16.3 Å². The van der Waals surface area contributed by atoms with Crippen LogP contribution in [-0.2, 0) is 9.47 Å². The van der Waals surface area contributed by atoms with Crippen molar-refractivity contribution in [2.75, 3.05) is 13.7 Å². The Morgan fingerprint density at radius 2 is 2.29 bits per heavy atom. The maximum atomic E-state index is 12.0. The lowest BCUT2D eigenvalue weighted by Gasteiger charge is -2.20. The Bertz CT molecular complexity index is 952. The molecule has 0 amide bonds. The van der Waals surface area contributed by atoms with Crippen molar-refractivity contribution >= 4 is 21.7 Å². The largest absolute Gasteiger partial charge is 0.394 e. The molecule has 126 valence electrons. The first-order valence-electron chi connectivity index (χ1n) is 7.46. The van der Waals surface area contributed by atoms with Crippen molar-refractivity contribution < 1.29 is 19.7 Å². The Hall–Kier alpha value is -2.33. The molecule has 3 heterocycles. The van der Waals surface area contributed by atoms with E-state index < -0.39 is 24.5 Å². The van der Waals surface area contributed by atoms with Crippen LogP contribution in [0.1, 0.15) is 6.23 Å². The summed E-state index contributed by atoms with van der Waals surface area (Å²) in [6.45, 7) is -0.326. The van der Waals surface area contributed by atoms with Crippen LogP contribution in [0.2, 0.25) is 0 Å². The van der Waals surface area contributed by atoms with Crippen molar-refractivity contribution in [3.05, 3.63) is 34.9 Å². The van der Waals surface area contributed by atoms with E-state index in [1.807, 2.05) is 6.07 Å². The van der Waals surface area contributed by atoms with Crippen molar-refractivity contribution in [1.82, 2.24) is 20.0 Å². The van der Waals surface area contributed by atoms with Gasteiger partial charge in [0.1, 0.15) is 23.8 Å². The monoisotopic (exact) mass is 332 g/mol. The lowest BCUT2D eigenvalue weighted by atomic mass is 10.1. The minimum atomic E-state index is -0.971. The molecule has 1 aliphatic rings. The molecular formula is C15H16N4O5. The normalized spacial score (nSPS) is 27.3. The van der Waals surface area contributed by atoms with Crippen LogP contribution < -0.4 is 5.56 Å². The van der Waals surface area contributed by atoms with Gasteiger partial charge >= 0.3 is 0 Å². The van der Waals surface area contributed by atoms with Gasteiger partial charge in [0.25, 0.3) is 5.56 Å². The summed E-state index contributed by atoms with van der Waals surface area (Å²) in [6, 6.07) is 3.51. The highest BCUT2D eigenvalue weighted by Crippen LogP contribution is 2.32. The molecule has 1 fully saturated rings. The topological polar surface area (TPSA) is 122 Å². The molecule has 1 aliphatic heterocycles. The van der Waals surface area contributed by atoms with Crippen LogP contribution in [-0.4, -0.2) is 62.2 Å². The summed E-state index contributed by atoms with van der Waals surface area (Å²) in [4.78, 5) is 12.0. The van der Waals surface area contributed by atoms with Crippen LogP contribution in [0.25, 0.3) is 21.7 Å². The Morgan fingerprint density at radius 1 is 1.46 bits per heavy atom. The van der Waals surface area contributed by atoms with Gasteiger partial charge in [0.15, 0.2) is 6.23 Å². The molecule has 1 aromatic carbocycles. The predicted octanol–water partition coefficient (Wildman–Crippen LogP) is -0.462. The number of aromatic amines is 1. The van der Waals surface area contributed by atoms with E-state index in [0.717, 1.165) is 5.39 Å². The van der Waals surface area contributed by atoms with Crippen molar-refractivity contribution in [3.63, 3.8) is 0 Å². The van der Waals surface area contributed by atoms with E-state index in [2.05, 4.69) is 15.3 Å². The Labute approximate surface area is 135 Å². The Balaban J connectivity index is 1.90. The number of nitrogens with one attached hydrogen (secondary N) is 1. The van der Waals surface area contributed by atoms with Crippen LogP contribution in [0.5, 0.6) is 0 Å². The van der Waals surface area contributed by atoms with Crippen LogP contribution in [0, 0.1) is 0 Å². The zero-order valence-electron chi connectivity index (χ0n) is 12.8. The summed E-state index contributed by atoms with van der Waals surface area (Å²) in [5, 5.41) is 32.2. The number of ether oxygens (including phenoxy) is 2. The van der Waals surface area contributed by atoms with Crippen molar-refractivity contribution in [1.29, 1.82) is 0 Å². The molecule has 9 nitrogen and oxygen atoms in total. The van der Waals surface area contributed by atoms with Crippen molar-refractivity contribution in [2.24, 2.45) is 0 Å². The van der Waals surface area contributed by atoms with Gasteiger partial charge in [-0.3, -0.25) is 4.79 Å². The molecule has 3 N–H and O–H groups in total. The highest BCUT2D eigenvalue weighted by Gasteiger charge is 2.45. The van der Waals surface area contributed by atoms with Crippen LogP contribution in [0.3, 0.4) is 0 Å². The number of rotatable bonds is 3. The summed E-state index contributed by atoms with van der Waals surface area (Å²) in [5.74, 6) is 0. The quantitative estimate of drug-likeness (QED) is 0.593. The summed E-state index contributed by atoms with van der Waals surface area (Å²) in [5.41, 5.74) is 0.216. The molecule has 0 saturated carbocycles. The zero-order valence-corrected chi connectivity index (χ0v) is 12.8. The fourth-order valence-electron chi connectivity index (χ4n) is 3.19. The molecule has 0 unspecified atom stereocenters. The zero-order chi connectivity index (χ0) is 16.8. The maximum absolute atomic E-state index is 12.0. The number of methoxy groups -OCH3 is 1. The van der Waals surface area contributed by atoms with Crippen LogP contribution in [0.15, 0.2) is 29.3 Å². The van der Waals surface area contributed by atoms with Crippen LogP contribution >= 0.6 is 0 Å². The molecule has 0 radical (unpaired) electrons. The second kappa shape index (κ2) is 5.64. The van der Waals surface area contributed by atoms with E-state index in [-0.39, 0.29) is 12.2 Å². The molecule has 3 aromatic rings. The van der Waals surface area contributed by atoms with Gasteiger partial charge in [0, 0.05) is 24.1 Å². The Kier molecular flexibility index (Phi) is 3.57. The maximum Gasteiger partial charge on any atom is 0.272 e. The lowest BCUT2D eigenvalue weighted by molar-refractivity contribution is -0.0664. The van der Waals surface area contributed by atoms with Crippen molar-refractivity contribution in [3.8, 4) is 0 Å². The number of aliphatic hydroxyl groups is 2. The summed E-state index contributed by atoms with van der Waals surface area (Å²) >= 11 is 0. The minimum Gasteiger partial charge on any atom is -0.394 e. The summed E-state index contributed by atoms with van der Waals surface area (Å²) < 4.78 is 12.5. The number of hydrogen-bond donors (Lipinski definition) is 3. The van der Waals surface area contributed by atoms with Gasteiger partial charge < -0.3 is 19.7 Å². The van der Waals surface area contributed by atoms with E-state index in [1.54, 1.807) is 12.3 Å². The van der Waals surface area contributed by atoms with Gasteiger partial charge in [-0.1, -0.05) is 6.07 Å². The summed E-state index contributed by atoms with van der Waals surface area (Å²) in [7, 11) is 1.46. The third-order valence-electron chi connectivity index (χ3n) is 4.36. The SMILES string of the molecule is CO[C@@H]1[C@H](O)[C@@H](CO)O[C@H]1n1cc2ccc3c(=O)[nH]ncc(n1)c23. The van der Waals surface area contributed by atoms with Gasteiger partial charge in [-0.15, -0.1) is 0 Å². The number of nitrogens with zero attached hydrogens (tertiary/aromatic N) is 3.